The lowest BCUT2D eigenvalue weighted by Gasteiger charge is -2.06. The number of nitrogens with one attached hydrogen (secondary N) is 1. The number of carboxylic acids is 1. The minimum atomic E-state index is -1.07. The van der Waals surface area contributed by atoms with E-state index in [1.165, 1.54) is 12.1 Å². The number of carbonyl (C=O) groups excluding carboxylic acids is 1. The number of hydrogen-bond acceptors (Lipinski definition) is 2. The van der Waals surface area contributed by atoms with E-state index in [2.05, 4.69) is 11.9 Å². The van der Waals surface area contributed by atoms with Gasteiger partial charge in [-0.25, -0.2) is 4.79 Å². The summed E-state index contributed by atoms with van der Waals surface area (Å²) in [5, 5.41) is 11.3. The smallest absolute Gasteiger partial charge is 0.337 e. The van der Waals surface area contributed by atoms with Gasteiger partial charge in [0.25, 0.3) is 0 Å². The van der Waals surface area contributed by atoms with Crippen molar-refractivity contribution in [2.45, 2.75) is 6.42 Å². The number of aromatic carboxylic acids is 1. The molecule has 0 radical (unpaired) electrons. The molecule has 4 nitrogen and oxygen atoms in total. The molecule has 0 fully saturated rings. The number of anilines is 1. The van der Waals surface area contributed by atoms with Crippen LogP contribution in [0.1, 0.15) is 16.8 Å². The van der Waals surface area contributed by atoms with Crippen LogP contribution in [0.3, 0.4) is 0 Å². The van der Waals surface area contributed by atoms with Crippen LogP contribution in [0.25, 0.3) is 0 Å². The fourth-order valence-electron chi connectivity index (χ4n) is 1.11. The highest BCUT2D eigenvalue weighted by Crippen LogP contribution is 2.14. The monoisotopic (exact) mass is 205 g/mol. The molecule has 4 heteroatoms. The third kappa shape index (κ3) is 2.95. The first kappa shape index (κ1) is 11.0. The predicted molar refractivity (Wildman–Crippen MR) is 56.8 cm³/mol. The lowest BCUT2D eigenvalue weighted by atomic mass is 10.2. The van der Waals surface area contributed by atoms with Gasteiger partial charge in [0.1, 0.15) is 0 Å². The summed E-state index contributed by atoms with van der Waals surface area (Å²) in [6.07, 6.45) is 1.62. The molecule has 0 aliphatic heterocycles. The standard InChI is InChI=1S/C11H11NO3/c1-2-5-10(13)12-9-7-4-3-6-8(9)11(14)15/h2-4,6-7H,1,5H2,(H,12,13)(H,14,15). The first-order valence-electron chi connectivity index (χ1n) is 4.38. The van der Waals surface area contributed by atoms with E-state index in [1.54, 1.807) is 18.2 Å². The van der Waals surface area contributed by atoms with E-state index in [1.807, 2.05) is 0 Å². The summed E-state index contributed by atoms with van der Waals surface area (Å²) in [5.41, 5.74) is 0.381. The Labute approximate surface area is 87.2 Å². The number of rotatable bonds is 4. The van der Waals surface area contributed by atoms with Crippen molar-refractivity contribution in [1.29, 1.82) is 0 Å². The summed E-state index contributed by atoms with van der Waals surface area (Å²) in [6.45, 7) is 3.42. The minimum absolute atomic E-state index is 0.0786. The predicted octanol–water partition coefficient (Wildman–Crippen LogP) is 1.90. The van der Waals surface area contributed by atoms with Crippen LogP contribution in [0.15, 0.2) is 36.9 Å². The quantitative estimate of drug-likeness (QED) is 0.738. The molecule has 0 atom stereocenters. The molecular formula is C11H11NO3. The highest BCUT2D eigenvalue weighted by atomic mass is 16.4. The molecule has 0 heterocycles. The highest BCUT2D eigenvalue weighted by molar-refractivity contribution is 6.00. The van der Waals surface area contributed by atoms with E-state index in [9.17, 15) is 9.59 Å². The van der Waals surface area contributed by atoms with Crippen LogP contribution in [-0.2, 0) is 4.79 Å². The molecule has 1 amide bonds. The van der Waals surface area contributed by atoms with Crippen molar-refractivity contribution in [3.8, 4) is 0 Å². The molecule has 0 unspecified atom stereocenters. The van der Waals surface area contributed by atoms with E-state index in [0.717, 1.165) is 0 Å². The Morgan fingerprint density at radius 1 is 1.40 bits per heavy atom. The fraction of sp³-hybridized carbons (Fsp3) is 0.0909. The zero-order valence-corrected chi connectivity index (χ0v) is 8.06. The van der Waals surface area contributed by atoms with Gasteiger partial charge in [0.05, 0.1) is 11.3 Å². The number of carboxylic acid groups (broad SMARTS) is 1. The van der Waals surface area contributed by atoms with Gasteiger partial charge in [-0.2, -0.15) is 0 Å². The van der Waals surface area contributed by atoms with Crippen LogP contribution >= 0.6 is 0 Å². The van der Waals surface area contributed by atoms with Crippen molar-refractivity contribution in [2.24, 2.45) is 0 Å². The summed E-state index contributed by atoms with van der Waals surface area (Å²) in [5.74, 6) is -1.34. The Hall–Kier alpha value is -2.10. The molecule has 1 aromatic carbocycles. The zero-order valence-electron chi connectivity index (χ0n) is 8.06. The summed E-state index contributed by atoms with van der Waals surface area (Å²) < 4.78 is 0. The Balaban J connectivity index is 2.89. The Morgan fingerprint density at radius 2 is 2.07 bits per heavy atom. The highest BCUT2D eigenvalue weighted by Gasteiger charge is 2.10. The van der Waals surface area contributed by atoms with E-state index in [-0.39, 0.29) is 17.9 Å². The van der Waals surface area contributed by atoms with Crippen molar-refractivity contribution in [2.75, 3.05) is 5.32 Å². The molecule has 15 heavy (non-hydrogen) atoms. The minimum Gasteiger partial charge on any atom is -0.478 e. The molecular weight excluding hydrogens is 194 g/mol. The van der Waals surface area contributed by atoms with Gasteiger partial charge in [0.2, 0.25) is 5.91 Å². The maximum absolute atomic E-state index is 11.2. The summed E-state index contributed by atoms with van der Waals surface area (Å²) in [6, 6.07) is 6.25. The summed E-state index contributed by atoms with van der Waals surface area (Å²) in [4.78, 5) is 22.0. The maximum atomic E-state index is 11.2. The first-order chi connectivity index (χ1) is 7.15. The van der Waals surface area contributed by atoms with Gasteiger partial charge in [-0.15, -0.1) is 6.58 Å². The SMILES string of the molecule is C=CCC(=O)Nc1ccccc1C(=O)O. The third-order valence-corrected chi connectivity index (χ3v) is 1.76. The van der Waals surface area contributed by atoms with Crippen LogP contribution < -0.4 is 5.32 Å². The molecule has 0 aromatic heterocycles. The second-order valence-corrected chi connectivity index (χ2v) is 2.89. The molecule has 0 saturated carbocycles. The van der Waals surface area contributed by atoms with E-state index in [4.69, 9.17) is 5.11 Å². The van der Waals surface area contributed by atoms with Gasteiger partial charge in [0, 0.05) is 6.42 Å². The Kier molecular flexibility index (Phi) is 3.62. The molecule has 1 aromatic rings. The van der Waals surface area contributed by atoms with Gasteiger partial charge >= 0.3 is 5.97 Å². The van der Waals surface area contributed by atoms with E-state index >= 15 is 0 Å². The lowest BCUT2D eigenvalue weighted by molar-refractivity contribution is -0.115. The average Bonchev–Trinajstić information content (AvgIpc) is 2.18. The Morgan fingerprint density at radius 3 is 2.67 bits per heavy atom. The van der Waals surface area contributed by atoms with Crippen molar-refractivity contribution < 1.29 is 14.7 Å². The van der Waals surface area contributed by atoms with E-state index in [0.29, 0.717) is 5.69 Å². The van der Waals surface area contributed by atoms with Gasteiger partial charge in [0.15, 0.2) is 0 Å². The lowest BCUT2D eigenvalue weighted by Crippen LogP contribution is -2.13. The topological polar surface area (TPSA) is 66.4 Å². The molecule has 78 valence electrons. The van der Waals surface area contributed by atoms with Crippen molar-refractivity contribution in [3.63, 3.8) is 0 Å². The van der Waals surface area contributed by atoms with Gasteiger partial charge in [-0.1, -0.05) is 18.2 Å². The number of benzene rings is 1. The van der Waals surface area contributed by atoms with Crippen LogP contribution in [0.4, 0.5) is 5.69 Å². The second-order valence-electron chi connectivity index (χ2n) is 2.89. The van der Waals surface area contributed by atoms with Crippen LogP contribution in [0.5, 0.6) is 0 Å². The average molecular weight is 205 g/mol. The second kappa shape index (κ2) is 4.95. The molecule has 0 saturated heterocycles. The van der Waals surface area contributed by atoms with Crippen LogP contribution in [0, 0.1) is 0 Å². The van der Waals surface area contributed by atoms with Crippen molar-refractivity contribution in [1.82, 2.24) is 0 Å². The van der Waals surface area contributed by atoms with Crippen molar-refractivity contribution >= 4 is 17.6 Å². The largest absolute Gasteiger partial charge is 0.478 e. The fourth-order valence-corrected chi connectivity index (χ4v) is 1.11. The molecule has 0 bridgehead atoms. The summed E-state index contributed by atoms with van der Waals surface area (Å²) in [7, 11) is 0. The van der Waals surface area contributed by atoms with Crippen molar-refractivity contribution in [3.05, 3.63) is 42.5 Å². The molecule has 0 aliphatic rings. The van der Waals surface area contributed by atoms with Gasteiger partial charge < -0.3 is 10.4 Å². The number of carbonyl (C=O) groups is 2. The molecule has 0 aliphatic carbocycles. The number of hydrogen-bond donors (Lipinski definition) is 2. The van der Waals surface area contributed by atoms with Crippen LogP contribution in [0.2, 0.25) is 0 Å². The first-order valence-corrected chi connectivity index (χ1v) is 4.38. The van der Waals surface area contributed by atoms with Gasteiger partial charge in [-0.3, -0.25) is 4.79 Å². The number of para-hydroxylation sites is 1. The maximum Gasteiger partial charge on any atom is 0.337 e. The van der Waals surface area contributed by atoms with Crippen LogP contribution in [-0.4, -0.2) is 17.0 Å². The Bertz CT molecular complexity index is 399. The van der Waals surface area contributed by atoms with E-state index < -0.39 is 5.97 Å². The molecule has 2 N–H and O–H groups in total. The summed E-state index contributed by atoms with van der Waals surface area (Å²) >= 11 is 0. The normalized spacial score (nSPS) is 9.33. The van der Waals surface area contributed by atoms with Gasteiger partial charge in [-0.05, 0) is 12.1 Å². The zero-order chi connectivity index (χ0) is 11.3. The molecule has 1 rings (SSSR count). The third-order valence-electron chi connectivity index (χ3n) is 1.76. The number of amides is 1. The molecule has 0 spiro atoms.